The molecule has 0 fully saturated rings. The Morgan fingerprint density at radius 1 is 1.14 bits per heavy atom. The second kappa shape index (κ2) is 6.85. The van der Waals surface area contributed by atoms with E-state index in [1.807, 2.05) is 61.9 Å². The lowest BCUT2D eigenvalue weighted by Crippen LogP contribution is -2.22. The zero-order valence-corrected chi connectivity index (χ0v) is 13.8. The molecule has 1 aromatic carbocycles. The third-order valence-corrected chi connectivity index (χ3v) is 3.85. The molecule has 0 bridgehead atoms. The molecule has 0 unspecified atom stereocenters. The normalized spacial score (nSPS) is 10.7. The van der Waals surface area contributed by atoms with Crippen molar-refractivity contribution in [2.45, 2.75) is 27.3 Å². The Hall–Kier alpha value is -1.68. The summed E-state index contributed by atoms with van der Waals surface area (Å²) in [7, 11) is 0. The van der Waals surface area contributed by atoms with Crippen LogP contribution in [0.3, 0.4) is 0 Å². The van der Waals surface area contributed by atoms with Gasteiger partial charge in [-0.25, -0.2) is 0 Å². The van der Waals surface area contributed by atoms with Crippen LogP contribution in [0.4, 0.5) is 0 Å². The molecular formula is C17H21NO2S. The molecule has 1 heterocycles. The van der Waals surface area contributed by atoms with Crippen LogP contribution < -0.4 is 10.3 Å². The van der Waals surface area contributed by atoms with Crippen LogP contribution in [0, 0.1) is 13.8 Å². The van der Waals surface area contributed by atoms with Crippen LogP contribution in [0.25, 0.3) is 11.3 Å². The summed E-state index contributed by atoms with van der Waals surface area (Å²) in [6, 6.07) is 9.92. The minimum absolute atomic E-state index is 0.0807. The monoisotopic (exact) mass is 303 g/mol. The van der Waals surface area contributed by atoms with Gasteiger partial charge < -0.3 is 9.30 Å². The molecule has 0 saturated carbocycles. The van der Waals surface area contributed by atoms with Crippen LogP contribution in [0.5, 0.6) is 5.75 Å². The first-order chi connectivity index (χ1) is 10.1. The Morgan fingerprint density at radius 2 is 1.90 bits per heavy atom. The molecule has 0 N–H and O–H groups in total. The van der Waals surface area contributed by atoms with E-state index in [-0.39, 0.29) is 5.56 Å². The number of hydrogen-bond donors (Lipinski definition) is 0. The first kappa shape index (κ1) is 15.7. The molecule has 0 aliphatic rings. The predicted molar refractivity (Wildman–Crippen MR) is 90.3 cm³/mol. The Labute approximate surface area is 130 Å². The third-order valence-electron chi connectivity index (χ3n) is 3.50. The van der Waals surface area contributed by atoms with Crippen LogP contribution in [-0.2, 0) is 6.54 Å². The topological polar surface area (TPSA) is 31.2 Å². The second-order valence-corrected chi connectivity index (χ2v) is 5.79. The molecule has 1 aromatic heterocycles. The minimum Gasteiger partial charge on any atom is -0.483 e. The molecule has 0 aliphatic heterocycles. The van der Waals surface area contributed by atoms with E-state index in [0.717, 1.165) is 28.1 Å². The molecule has 2 rings (SSSR count). The van der Waals surface area contributed by atoms with Gasteiger partial charge in [0, 0.05) is 17.7 Å². The lowest BCUT2D eigenvalue weighted by atomic mass is 10.0. The first-order valence-electron chi connectivity index (χ1n) is 7.01. The van der Waals surface area contributed by atoms with Crippen LogP contribution in [0.2, 0.25) is 0 Å². The fraction of sp³-hybridized carbons (Fsp3) is 0.353. The minimum atomic E-state index is 0.0807. The Kier molecular flexibility index (Phi) is 5.12. The van der Waals surface area contributed by atoms with Crippen molar-refractivity contribution in [1.29, 1.82) is 0 Å². The maximum absolute atomic E-state index is 12.2. The SMILES string of the molecule is CCn1c(-c2ccc(OCSC)cc2C)ccc(C)c1=O. The van der Waals surface area contributed by atoms with E-state index < -0.39 is 0 Å². The van der Waals surface area contributed by atoms with Gasteiger partial charge in [0.25, 0.3) is 5.56 Å². The zero-order chi connectivity index (χ0) is 15.4. The summed E-state index contributed by atoms with van der Waals surface area (Å²) in [5.41, 5.74) is 4.00. The van der Waals surface area contributed by atoms with Gasteiger partial charge in [0.15, 0.2) is 0 Å². The Balaban J connectivity index is 2.48. The highest BCUT2D eigenvalue weighted by molar-refractivity contribution is 7.98. The molecule has 0 radical (unpaired) electrons. The molecule has 0 amide bonds. The van der Waals surface area contributed by atoms with E-state index in [1.54, 1.807) is 11.8 Å². The van der Waals surface area contributed by atoms with Gasteiger partial charge in [-0.05, 0) is 56.9 Å². The largest absolute Gasteiger partial charge is 0.483 e. The molecular weight excluding hydrogens is 282 g/mol. The summed E-state index contributed by atoms with van der Waals surface area (Å²) in [6.45, 7) is 6.56. The van der Waals surface area contributed by atoms with Gasteiger partial charge in [0.05, 0.1) is 5.69 Å². The summed E-state index contributed by atoms with van der Waals surface area (Å²) in [6.07, 6.45) is 2.01. The van der Waals surface area contributed by atoms with Crippen molar-refractivity contribution in [3.05, 3.63) is 51.8 Å². The van der Waals surface area contributed by atoms with Crippen LogP contribution >= 0.6 is 11.8 Å². The van der Waals surface area contributed by atoms with E-state index in [1.165, 1.54) is 0 Å². The van der Waals surface area contributed by atoms with Crippen LogP contribution in [0.1, 0.15) is 18.1 Å². The van der Waals surface area contributed by atoms with Gasteiger partial charge in [-0.15, -0.1) is 11.8 Å². The molecule has 21 heavy (non-hydrogen) atoms. The summed E-state index contributed by atoms with van der Waals surface area (Å²) in [5.74, 6) is 1.51. The highest BCUT2D eigenvalue weighted by Gasteiger charge is 2.10. The number of aromatic nitrogens is 1. The van der Waals surface area contributed by atoms with Gasteiger partial charge >= 0.3 is 0 Å². The standard InChI is InChI=1S/C17H21NO2S/c1-5-18-16(9-6-12(2)17(18)19)15-8-7-14(10-13(15)3)20-11-21-4/h6-10H,5,11H2,1-4H3. The quantitative estimate of drug-likeness (QED) is 0.786. The lowest BCUT2D eigenvalue weighted by molar-refractivity contribution is 0.393. The molecule has 2 aromatic rings. The van der Waals surface area contributed by atoms with Crippen molar-refractivity contribution < 1.29 is 4.74 Å². The maximum Gasteiger partial charge on any atom is 0.253 e. The first-order valence-corrected chi connectivity index (χ1v) is 8.41. The fourth-order valence-electron chi connectivity index (χ4n) is 2.38. The van der Waals surface area contributed by atoms with Crippen molar-refractivity contribution >= 4 is 11.8 Å². The van der Waals surface area contributed by atoms with Crippen LogP contribution in [-0.4, -0.2) is 16.8 Å². The molecule has 0 spiro atoms. The Morgan fingerprint density at radius 3 is 2.52 bits per heavy atom. The zero-order valence-electron chi connectivity index (χ0n) is 13.0. The predicted octanol–water partition coefficient (Wildman–Crippen LogP) is 3.85. The van der Waals surface area contributed by atoms with Gasteiger partial charge in [-0.1, -0.05) is 6.07 Å². The van der Waals surface area contributed by atoms with Crippen molar-refractivity contribution in [1.82, 2.24) is 4.57 Å². The van der Waals surface area contributed by atoms with Crippen molar-refractivity contribution in [2.75, 3.05) is 12.2 Å². The van der Waals surface area contributed by atoms with Gasteiger partial charge in [-0.3, -0.25) is 4.79 Å². The van der Waals surface area contributed by atoms with Crippen molar-refractivity contribution in [3.63, 3.8) is 0 Å². The molecule has 0 saturated heterocycles. The van der Waals surface area contributed by atoms with Crippen molar-refractivity contribution in [3.8, 4) is 17.0 Å². The lowest BCUT2D eigenvalue weighted by Gasteiger charge is -2.15. The van der Waals surface area contributed by atoms with E-state index >= 15 is 0 Å². The van der Waals surface area contributed by atoms with Gasteiger partial charge in [-0.2, -0.15) is 0 Å². The summed E-state index contributed by atoms with van der Waals surface area (Å²) in [4.78, 5) is 12.2. The molecule has 0 atom stereocenters. The number of benzene rings is 1. The Bertz CT molecular complexity index is 692. The van der Waals surface area contributed by atoms with Gasteiger partial charge in [0.2, 0.25) is 0 Å². The highest BCUT2D eigenvalue weighted by atomic mass is 32.2. The maximum atomic E-state index is 12.2. The number of thioether (sulfide) groups is 1. The number of aryl methyl sites for hydroxylation is 2. The second-order valence-electron chi connectivity index (χ2n) is 4.98. The number of hydrogen-bond acceptors (Lipinski definition) is 3. The molecule has 4 heteroatoms. The van der Waals surface area contributed by atoms with Crippen molar-refractivity contribution in [2.24, 2.45) is 0 Å². The third kappa shape index (κ3) is 3.32. The molecule has 0 aliphatic carbocycles. The summed E-state index contributed by atoms with van der Waals surface area (Å²) < 4.78 is 7.44. The average molecular weight is 303 g/mol. The van der Waals surface area contributed by atoms with E-state index in [0.29, 0.717) is 12.5 Å². The van der Waals surface area contributed by atoms with E-state index in [2.05, 4.69) is 0 Å². The number of rotatable bonds is 5. The molecule has 112 valence electrons. The van der Waals surface area contributed by atoms with E-state index in [4.69, 9.17) is 4.74 Å². The number of nitrogens with zero attached hydrogens (tertiary/aromatic N) is 1. The van der Waals surface area contributed by atoms with Crippen LogP contribution in [0.15, 0.2) is 35.1 Å². The summed E-state index contributed by atoms with van der Waals surface area (Å²) >= 11 is 1.64. The van der Waals surface area contributed by atoms with E-state index in [9.17, 15) is 4.79 Å². The highest BCUT2D eigenvalue weighted by Crippen LogP contribution is 2.26. The molecule has 3 nitrogen and oxygen atoms in total. The summed E-state index contributed by atoms with van der Waals surface area (Å²) in [5, 5.41) is 0. The number of pyridine rings is 1. The smallest absolute Gasteiger partial charge is 0.253 e. The van der Waals surface area contributed by atoms with Gasteiger partial charge in [0.1, 0.15) is 11.7 Å². The fourth-order valence-corrected chi connectivity index (χ4v) is 2.63. The average Bonchev–Trinajstić information content (AvgIpc) is 2.48. The number of ether oxygens (including phenoxy) is 1.